The van der Waals surface area contributed by atoms with E-state index in [-0.39, 0.29) is 43.9 Å². The van der Waals surface area contributed by atoms with E-state index in [0.29, 0.717) is 31.6 Å². The van der Waals surface area contributed by atoms with Crippen molar-refractivity contribution >= 4 is 17.8 Å². The summed E-state index contributed by atoms with van der Waals surface area (Å²) in [4.78, 5) is 44.3. The normalized spacial score (nSPS) is 26.1. The van der Waals surface area contributed by atoms with Crippen LogP contribution in [0.3, 0.4) is 0 Å². The van der Waals surface area contributed by atoms with E-state index in [4.69, 9.17) is 9.15 Å². The van der Waals surface area contributed by atoms with Gasteiger partial charge in [-0.25, -0.2) is 0 Å². The molecule has 1 aromatic heterocycles. The van der Waals surface area contributed by atoms with E-state index < -0.39 is 23.5 Å². The van der Waals surface area contributed by atoms with Crippen LogP contribution in [0.2, 0.25) is 0 Å². The molecular formula is C24H36N2O6. The molecule has 0 unspecified atom stereocenters. The number of carbonyl (C=O) groups excluding carboxylic acids is 3. The van der Waals surface area contributed by atoms with Crippen LogP contribution in [0.5, 0.6) is 0 Å². The Hall–Kier alpha value is -2.35. The molecule has 1 spiro atoms. The van der Waals surface area contributed by atoms with E-state index in [0.717, 1.165) is 12.8 Å². The van der Waals surface area contributed by atoms with Crippen molar-refractivity contribution in [2.24, 2.45) is 11.8 Å². The maximum atomic E-state index is 14.0. The summed E-state index contributed by atoms with van der Waals surface area (Å²) in [5, 5.41) is 9.55. The van der Waals surface area contributed by atoms with Gasteiger partial charge in [-0.3, -0.25) is 14.4 Å². The molecule has 0 bridgehead atoms. The molecule has 2 aliphatic heterocycles. The number of β-amino-alcohol motifs (C(OH)–C–C–N with tert-alkyl or cyclic N) is 1. The van der Waals surface area contributed by atoms with Crippen LogP contribution in [-0.2, 0) is 19.1 Å². The lowest BCUT2D eigenvalue weighted by molar-refractivity contribution is -0.157. The molecule has 1 aromatic rings. The van der Waals surface area contributed by atoms with Gasteiger partial charge in [0.1, 0.15) is 17.3 Å². The number of aliphatic hydroxyl groups is 1. The van der Waals surface area contributed by atoms with Crippen molar-refractivity contribution in [1.29, 1.82) is 0 Å². The third kappa shape index (κ3) is 4.29. The van der Waals surface area contributed by atoms with Crippen molar-refractivity contribution in [1.82, 2.24) is 9.80 Å². The van der Waals surface area contributed by atoms with E-state index in [9.17, 15) is 19.5 Å². The summed E-state index contributed by atoms with van der Waals surface area (Å²) in [6, 6.07) is 2.79. The van der Waals surface area contributed by atoms with Crippen LogP contribution < -0.4 is 0 Å². The lowest BCUT2D eigenvalue weighted by atomic mass is 9.85. The van der Waals surface area contributed by atoms with Gasteiger partial charge < -0.3 is 24.1 Å². The van der Waals surface area contributed by atoms with Gasteiger partial charge >= 0.3 is 5.97 Å². The number of likely N-dealkylation sites (tertiary alicyclic amines) is 2. The average molecular weight is 449 g/mol. The number of hydrogen-bond donors (Lipinski definition) is 1. The zero-order chi connectivity index (χ0) is 23.3. The van der Waals surface area contributed by atoms with Gasteiger partial charge in [0.15, 0.2) is 0 Å². The minimum absolute atomic E-state index is 0.123. The third-order valence-corrected chi connectivity index (χ3v) is 7.00. The fourth-order valence-electron chi connectivity index (χ4n) is 5.42. The zero-order valence-electron chi connectivity index (χ0n) is 19.4. The highest BCUT2D eigenvalue weighted by atomic mass is 16.5. The number of hydrogen-bond acceptors (Lipinski definition) is 6. The molecule has 2 aliphatic rings. The quantitative estimate of drug-likeness (QED) is 0.614. The van der Waals surface area contributed by atoms with Crippen LogP contribution in [0, 0.1) is 11.8 Å². The molecule has 8 nitrogen and oxygen atoms in total. The molecule has 0 radical (unpaired) electrons. The Balaban J connectivity index is 2.17. The number of furan rings is 1. The van der Waals surface area contributed by atoms with Gasteiger partial charge in [-0.2, -0.15) is 0 Å². The smallest absolute Gasteiger partial charge is 0.311 e. The number of carbonyl (C=O) groups is 3. The molecule has 0 aliphatic carbocycles. The lowest BCUT2D eigenvalue weighted by Crippen LogP contribution is -2.59. The van der Waals surface area contributed by atoms with Crippen LogP contribution in [0.1, 0.15) is 71.1 Å². The monoisotopic (exact) mass is 448 g/mol. The minimum atomic E-state index is -1.15. The van der Waals surface area contributed by atoms with Crippen LogP contribution in [0.4, 0.5) is 0 Å². The molecule has 3 heterocycles. The zero-order valence-corrected chi connectivity index (χ0v) is 19.4. The first-order valence-electron chi connectivity index (χ1n) is 11.9. The van der Waals surface area contributed by atoms with Crippen LogP contribution >= 0.6 is 0 Å². The fourth-order valence-corrected chi connectivity index (χ4v) is 5.42. The summed E-state index contributed by atoms with van der Waals surface area (Å²) in [5.41, 5.74) is -1.15. The maximum Gasteiger partial charge on any atom is 0.311 e. The van der Waals surface area contributed by atoms with Crippen molar-refractivity contribution in [2.45, 2.75) is 70.9 Å². The van der Waals surface area contributed by atoms with Crippen molar-refractivity contribution in [2.75, 3.05) is 26.3 Å². The van der Waals surface area contributed by atoms with Crippen LogP contribution in [-0.4, -0.2) is 64.5 Å². The van der Waals surface area contributed by atoms with Crippen molar-refractivity contribution < 1.29 is 28.6 Å². The predicted octanol–water partition coefficient (Wildman–Crippen LogP) is 2.91. The Kier molecular flexibility index (Phi) is 7.98. The highest BCUT2D eigenvalue weighted by molar-refractivity contribution is 5.95. The molecule has 2 amide bonds. The number of aliphatic hydroxyl groups excluding tert-OH is 1. The molecule has 8 heteroatoms. The largest absolute Gasteiger partial charge is 0.467 e. The van der Waals surface area contributed by atoms with E-state index in [1.54, 1.807) is 28.9 Å². The summed E-state index contributed by atoms with van der Waals surface area (Å²) in [6.45, 7) is 6.49. The van der Waals surface area contributed by atoms with Gasteiger partial charge in [0.25, 0.3) is 0 Å². The summed E-state index contributed by atoms with van der Waals surface area (Å²) in [6.07, 6.45) is 5.03. The minimum Gasteiger partial charge on any atom is -0.467 e. The lowest BCUT2D eigenvalue weighted by Gasteiger charge is -2.42. The summed E-state index contributed by atoms with van der Waals surface area (Å²) >= 11 is 0. The molecule has 0 saturated carbocycles. The topological polar surface area (TPSA) is 100 Å². The first kappa shape index (κ1) is 24.3. The van der Waals surface area contributed by atoms with Crippen molar-refractivity contribution in [3.8, 4) is 0 Å². The summed E-state index contributed by atoms with van der Waals surface area (Å²) in [5.74, 6) is -1.19. The number of rotatable bonds is 8. The van der Waals surface area contributed by atoms with Crippen molar-refractivity contribution in [3.05, 3.63) is 24.2 Å². The SMILES string of the molecule is CCOC(=O)[C@H]1C[C@]2(CCCCN(CCO)C2=O)N(C(=O)C(CC)CC)[C@H]1c1ccco1. The Morgan fingerprint density at radius 3 is 2.62 bits per heavy atom. The molecule has 2 saturated heterocycles. The van der Waals surface area contributed by atoms with Crippen LogP contribution in [0.15, 0.2) is 22.8 Å². The van der Waals surface area contributed by atoms with Gasteiger partial charge in [0.05, 0.1) is 25.4 Å². The van der Waals surface area contributed by atoms with Gasteiger partial charge in [0, 0.05) is 19.0 Å². The summed E-state index contributed by atoms with van der Waals surface area (Å²) < 4.78 is 11.1. The van der Waals surface area contributed by atoms with E-state index in [2.05, 4.69) is 0 Å². The van der Waals surface area contributed by atoms with E-state index in [1.807, 2.05) is 13.8 Å². The molecule has 178 valence electrons. The predicted molar refractivity (Wildman–Crippen MR) is 117 cm³/mol. The molecule has 32 heavy (non-hydrogen) atoms. The molecule has 0 aromatic carbocycles. The second-order valence-corrected chi connectivity index (χ2v) is 8.75. The second-order valence-electron chi connectivity index (χ2n) is 8.75. The Morgan fingerprint density at radius 2 is 2.03 bits per heavy atom. The highest BCUT2D eigenvalue weighted by Crippen LogP contribution is 2.52. The molecule has 3 rings (SSSR count). The molecular weight excluding hydrogens is 412 g/mol. The molecule has 3 atom stereocenters. The number of ether oxygens (including phenoxy) is 1. The third-order valence-electron chi connectivity index (χ3n) is 7.00. The Labute approximate surface area is 189 Å². The fraction of sp³-hybridized carbons (Fsp3) is 0.708. The van der Waals surface area contributed by atoms with E-state index >= 15 is 0 Å². The van der Waals surface area contributed by atoms with Gasteiger partial charge in [-0.1, -0.05) is 13.8 Å². The Bertz CT molecular complexity index is 790. The standard InChI is InChI=1S/C24H36N2O6/c1-4-17(5-2)21(28)26-20(19-10-9-15-32-19)18(22(29)31-6-3)16-24(26)11-7-8-12-25(13-14-27)23(24)30/h9-10,15,17-18,20,27H,4-8,11-14,16H2,1-3H3/t18-,20+,24-/m0/s1. The maximum absolute atomic E-state index is 14.0. The van der Waals surface area contributed by atoms with Gasteiger partial charge in [-0.05, 0) is 57.6 Å². The first-order chi connectivity index (χ1) is 15.4. The van der Waals surface area contributed by atoms with Crippen molar-refractivity contribution in [3.63, 3.8) is 0 Å². The molecule has 2 fully saturated rings. The summed E-state index contributed by atoms with van der Waals surface area (Å²) in [7, 11) is 0. The van der Waals surface area contributed by atoms with Crippen LogP contribution in [0.25, 0.3) is 0 Å². The van der Waals surface area contributed by atoms with Gasteiger partial charge in [0.2, 0.25) is 11.8 Å². The number of nitrogens with zero attached hydrogens (tertiary/aromatic N) is 2. The molecule has 1 N–H and O–H groups in total. The number of amides is 2. The number of esters is 1. The Morgan fingerprint density at radius 1 is 1.28 bits per heavy atom. The van der Waals surface area contributed by atoms with E-state index in [1.165, 1.54) is 6.26 Å². The average Bonchev–Trinajstić information content (AvgIpc) is 3.39. The van der Waals surface area contributed by atoms with Gasteiger partial charge in [-0.15, -0.1) is 0 Å². The first-order valence-corrected chi connectivity index (χ1v) is 11.9. The second kappa shape index (κ2) is 10.5. The highest BCUT2D eigenvalue weighted by Gasteiger charge is 2.62.